The predicted octanol–water partition coefficient (Wildman–Crippen LogP) is 5.95. The van der Waals surface area contributed by atoms with Gasteiger partial charge in [-0.2, -0.15) is 13.2 Å². The van der Waals surface area contributed by atoms with Crippen molar-refractivity contribution in [3.8, 4) is 0 Å². The number of hydrogen-bond acceptors (Lipinski definition) is 1. The van der Waals surface area contributed by atoms with Gasteiger partial charge in [0.05, 0.1) is 5.56 Å². The van der Waals surface area contributed by atoms with Crippen LogP contribution in [0, 0.1) is 6.92 Å². The quantitative estimate of drug-likeness (QED) is 0.715. The fraction of sp³-hybridized carbons (Fsp3) is 0.250. The van der Waals surface area contributed by atoms with Crippen molar-refractivity contribution in [2.45, 2.75) is 26.1 Å². The monoisotopic (exact) mass is 357 g/mol. The fourth-order valence-corrected chi connectivity index (χ4v) is 2.72. The Balaban J connectivity index is 2.15. The summed E-state index contributed by atoms with van der Waals surface area (Å²) in [5.41, 5.74) is 2.21. The Hall–Kier alpha value is -1.49. The normalized spacial score (nSPS) is 13.0. The molecule has 0 bridgehead atoms. The average molecular weight is 358 g/mol. The van der Waals surface area contributed by atoms with Gasteiger partial charge in [0.15, 0.2) is 0 Å². The molecule has 0 aliphatic rings. The third-order valence-electron chi connectivity index (χ3n) is 3.16. The SMILES string of the molecule is Cc1cc(Br)cc(NC(C)c2ccc(C(F)(F)F)cc2)c1. The van der Waals surface area contributed by atoms with Crippen LogP contribution in [0.15, 0.2) is 46.9 Å². The van der Waals surface area contributed by atoms with Gasteiger partial charge in [0.1, 0.15) is 0 Å². The molecule has 0 aliphatic heterocycles. The maximum atomic E-state index is 12.5. The van der Waals surface area contributed by atoms with E-state index in [4.69, 9.17) is 0 Å². The summed E-state index contributed by atoms with van der Waals surface area (Å²) in [6, 6.07) is 11.1. The van der Waals surface area contributed by atoms with E-state index in [0.29, 0.717) is 0 Å². The molecule has 0 heterocycles. The van der Waals surface area contributed by atoms with Gasteiger partial charge >= 0.3 is 6.18 Å². The Morgan fingerprint density at radius 3 is 2.19 bits per heavy atom. The maximum absolute atomic E-state index is 12.5. The zero-order chi connectivity index (χ0) is 15.6. The van der Waals surface area contributed by atoms with Crippen LogP contribution >= 0.6 is 15.9 Å². The van der Waals surface area contributed by atoms with Crippen molar-refractivity contribution in [1.29, 1.82) is 0 Å². The van der Waals surface area contributed by atoms with Gasteiger partial charge in [0, 0.05) is 16.2 Å². The number of alkyl halides is 3. The van der Waals surface area contributed by atoms with E-state index in [-0.39, 0.29) is 6.04 Å². The highest BCUT2D eigenvalue weighted by Gasteiger charge is 2.30. The second kappa shape index (κ2) is 6.10. The van der Waals surface area contributed by atoms with Crippen LogP contribution < -0.4 is 5.32 Å². The molecule has 0 fully saturated rings. The molecule has 0 amide bonds. The molecule has 0 aromatic heterocycles. The molecule has 1 unspecified atom stereocenters. The minimum Gasteiger partial charge on any atom is -0.378 e. The van der Waals surface area contributed by atoms with Gasteiger partial charge in [-0.15, -0.1) is 0 Å². The van der Waals surface area contributed by atoms with Gasteiger partial charge in [-0.05, 0) is 55.3 Å². The summed E-state index contributed by atoms with van der Waals surface area (Å²) in [6.45, 7) is 3.90. The molecule has 0 spiro atoms. The zero-order valence-electron chi connectivity index (χ0n) is 11.6. The molecule has 112 valence electrons. The summed E-state index contributed by atoms with van der Waals surface area (Å²) in [5, 5.41) is 3.29. The molecular formula is C16H15BrF3N. The Labute approximate surface area is 130 Å². The second-order valence-electron chi connectivity index (χ2n) is 5.00. The number of aryl methyl sites for hydroxylation is 1. The van der Waals surface area contributed by atoms with Crippen molar-refractivity contribution in [2.24, 2.45) is 0 Å². The second-order valence-corrected chi connectivity index (χ2v) is 5.92. The van der Waals surface area contributed by atoms with Crippen molar-refractivity contribution in [3.63, 3.8) is 0 Å². The Kier molecular flexibility index (Phi) is 4.61. The van der Waals surface area contributed by atoms with Gasteiger partial charge in [0.25, 0.3) is 0 Å². The van der Waals surface area contributed by atoms with E-state index in [1.54, 1.807) is 0 Å². The minimum absolute atomic E-state index is 0.0824. The molecule has 5 heteroatoms. The smallest absolute Gasteiger partial charge is 0.378 e. The maximum Gasteiger partial charge on any atom is 0.416 e. The van der Waals surface area contributed by atoms with Gasteiger partial charge in [0.2, 0.25) is 0 Å². The van der Waals surface area contributed by atoms with E-state index in [1.807, 2.05) is 32.0 Å². The van der Waals surface area contributed by atoms with Crippen molar-refractivity contribution >= 4 is 21.6 Å². The number of nitrogens with one attached hydrogen (secondary N) is 1. The van der Waals surface area contributed by atoms with E-state index in [9.17, 15) is 13.2 Å². The lowest BCUT2D eigenvalue weighted by Crippen LogP contribution is -2.09. The largest absolute Gasteiger partial charge is 0.416 e. The van der Waals surface area contributed by atoms with E-state index >= 15 is 0 Å². The summed E-state index contributed by atoms with van der Waals surface area (Å²) < 4.78 is 38.6. The molecular weight excluding hydrogens is 343 g/mol. The molecule has 1 atom stereocenters. The molecule has 1 N–H and O–H groups in total. The standard InChI is InChI=1S/C16H15BrF3N/c1-10-7-14(17)9-15(8-10)21-11(2)12-3-5-13(6-4-12)16(18,19)20/h3-9,11,21H,1-2H3. The van der Waals surface area contributed by atoms with E-state index in [1.165, 1.54) is 12.1 Å². The summed E-state index contributed by atoms with van der Waals surface area (Å²) in [6.07, 6.45) is -4.30. The fourth-order valence-electron chi connectivity index (χ4n) is 2.11. The first-order chi connectivity index (χ1) is 9.75. The first-order valence-corrected chi connectivity index (χ1v) is 7.26. The molecule has 2 aromatic carbocycles. The predicted molar refractivity (Wildman–Crippen MR) is 82.4 cm³/mol. The van der Waals surface area contributed by atoms with Crippen LogP contribution in [0.2, 0.25) is 0 Å². The Bertz CT molecular complexity index is 600. The van der Waals surface area contributed by atoms with Crippen LogP contribution in [-0.4, -0.2) is 0 Å². The van der Waals surface area contributed by atoms with Gasteiger partial charge in [-0.3, -0.25) is 0 Å². The van der Waals surface area contributed by atoms with Crippen LogP contribution in [0.25, 0.3) is 0 Å². The lowest BCUT2D eigenvalue weighted by Gasteiger charge is -2.17. The molecule has 0 radical (unpaired) electrons. The summed E-state index contributed by atoms with van der Waals surface area (Å²) in [4.78, 5) is 0. The van der Waals surface area contributed by atoms with Crippen LogP contribution in [0.5, 0.6) is 0 Å². The van der Waals surface area contributed by atoms with Crippen LogP contribution in [-0.2, 0) is 6.18 Å². The van der Waals surface area contributed by atoms with E-state index < -0.39 is 11.7 Å². The van der Waals surface area contributed by atoms with E-state index in [2.05, 4.69) is 21.2 Å². The van der Waals surface area contributed by atoms with Crippen LogP contribution in [0.4, 0.5) is 18.9 Å². The van der Waals surface area contributed by atoms with E-state index in [0.717, 1.165) is 33.4 Å². The lowest BCUT2D eigenvalue weighted by molar-refractivity contribution is -0.137. The Morgan fingerprint density at radius 2 is 1.67 bits per heavy atom. The highest BCUT2D eigenvalue weighted by Crippen LogP contribution is 2.30. The van der Waals surface area contributed by atoms with Gasteiger partial charge < -0.3 is 5.32 Å². The van der Waals surface area contributed by atoms with Crippen LogP contribution in [0.3, 0.4) is 0 Å². The molecule has 0 saturated carbocycles. The zero-order valence-corrected chi connectivity index (χ0v) is 13.2. The summed E-state index contributed by atoms with van der Waals surface area (Å²) in [7, 11) is 0. The molecule has 1 nitrogen and oxygen atoms in total. The molecule has 2 rings (SSSR count). The number of halogens is 4. The number of rotatable bonds is 3. The molecule has 2 aromatic rings. The number of hydrogen-bond donors (Lipinski definition) is 1. The van der Waals surface area contributed by atoms with Crippen molar-refractivity contribution in [3.05, 3.63) is 63.6 Å². The average Bonchev–Trinajstić information content (AvgIpc) is 2.36. The third-order valence-corrected chi connectivity index (χ3v) is 3.62. The Morgan fingerprint density at radius 1 is 1.05 bits per heavy atom. The molecule has 0 saturated heterocycles. The topological polar surface area (TPSA) is 12.0 Å². The van der Waals surface area contributed by atoms with Gasteiger partial charge in [-0.25, -0.2) is 0 Å². The number of anilines is 1. The summed E-state index contributed by atoms with van der Waals surface area (Å²) in [5.74, 6) is 0. The lowest BCUT2D eigenvalue weighted by atomic mass is 10.1. The van der Waals surface area contributed by atoms with Crippen molar-refractivity contribution in [2.75, 3.05) is 5.32 Å². The minimum atomic E-state index is -4.30. The highest BCUT2D eigenvalue weighted by molar-refractivity contribution is 9.10. The van der Waals surface area contributed by atoms with Crippen molar-refractivity contribution in [1.82, 2.24) is 0 Å². The first-order valence-electron chi connectivity index (χ1n) is 6.46. The third kappa shape index (κ3) is 4.24. The molecule has 21 heavy (non-hydrogen) atoms. The summed E-state index contributed by atoms with van der Waals surface area (Å²) >= 11 is 3.43. The van der Waals surface area contributed by atoms with Crippen LogP contribution in [0.1, 0.15) is 29.7 Å². The first kappa shape index (κ1) is 15.9. The molecule has 0 aliphatic carbocycles. The van der Waals surface area contributed by atoms with Gasteiger partial charge in [-0.1, -0.05) is 28.1 Å². The number of benzene rings is 2. The van der Waals surface area contributed by atoms with Crippen molar-refractivity contribution < 1.29 is 13.2 Å². The highest BCUT2D eigenvalue weighted by atomic mass is 79.9.